The first-order valence-corrected chi connectivity index (χ1v) is 9.22. The normalized spacial score (nSPS) is 10.8. The molecular weight excluding hydrogens is 379 g/mol. The zero-order valence-electron chi connectivity index (χ0n) is 15.4. The Bertz CT molecular complexity index is 928. The Kier molecular flexibility index (Phi) is 6.87. The van der Waals surface area contributed by atoms with Gasteiger partial charge in [-0.3, -0.25) is 5.43 Å². The fourth-order valence-electron chi connectivity index (χ4n) is 2.51. The van der Waals surface area contributed by atoms with E-state index in [2.05, 4.69) is 10.5 Å². The van der Waals surface area contributed by atoms with E-state index < -0.39 is 5.82 Å². The maximum atomic E-state index is 13.9. The summed E-state index contributed by atoms with van der Waals surface area (Å²) in [7, 11) is 0. The summed E-state index contributed by atoms with van der Waals surface area (Å²) in [5.41, 5.74) is 5.00. The van der Waals surface area contributed by atoms with Crippen LogP contribution in [0.3, 0.4) is 0 Å². The fourth-order valence-corrected chi connectivity index (χ4v) is 2.72. The maximum absolute atomic E-state index is 13.9. The molecule has 0 fully saturated rings. The second-order valence-electron chi connectivity index (χ2n) is 5.86. The molecule has 0 aliphatic carbocycles. The topological polar surface area (TPSA) is 42.8 Å². The molecule has 3 aromatic rings. The highest BCUT2D eigenvalue weighted by Crippen LogP contribution is 2.30. The molecule has 0 amide bonds. The van der Waals surface area contributed by atoms with Crippen LogP contribution in [0.5, 0.6) is 11.5 Å². The molecule has 0 saturated carbocycles. The monoisotopic (exact) mass is 398 g/mol. The molecule has 0 aliphatic rings. The third-order valence-corrected chi connectivity index (χ3v) is 4.24. The van der Waals surface area contributed by atoms with E-state index in [1.54, 1.807) is 24.4 Å². The number of hydrazone groups is 1. The van der Waals surface area contributed by atoms with Gasteiger partial charge in [-0.1, -0.05) is 35.9 Å². The number of para-hydroxylation sites is 1. The smallest absolute Gasteiger partial charge is 0.161 e. The van der Waals surface area contributed by atoms with E-state index in [4.69, 9.17) is 21.1 Å². The number of ether oxygens (including phenoxy) is 2. The maximum Gasteiger partial charge on any atom is 0.161 e. The second kappa shape index (κ2) is 9.76. The van der Waals surface area contributed by atoms with Crippen molar-refractivity contribution in [3.05, 3.63) is 88.7 Å². The molecule has 0 saturated heterocycles. The van der Waals surface area contributed by atoms with Crippen LogP contribution in [0.4, 0.5) is 10.1 Å². The molecule has 3 rings (SSSR count). The lowest BCUT2D eigenvalue weighted by Crippen LogP contribution is -2.02. The number of rotatable bonds is 8. The predicted octanol–water partition coefficient (Wildman–Crippen LogP) is 5.90. The summed E-state index contributed by atoms with van der Waals surface area (Å²) >= 11 is 6.05. The molecule has 0 atom stereocenters. The zero-order valence-corrected chi connectivity index (χ0v) is 16.1. The van der Waals surface area contributed by atoms with Crippen LogP contribution in [0.2, 0.25) is 5.02 Å². The van der Waals surface area contributed by atoms with E-state index in [1.807, 2.05) is 49.4 Å². The fraction of sp³-hybridized carbons (Fsp3) is 0.136. The molecule has 0 bridgehead atoms. The summed E-state index contributed by atoms with van der Waals surface area (Å²) in [5, 5.41) is 4.55. The summed E-state index contributed by atoms with van der Waals surface area (Å²) in [5.74, 6) is 0.661. The van der Waals surface area contributed by atoms with E-state index in [1.165, 1.54) is 6.07 Å². The number of anilines is 1. The van der Waals surface area contributed by atoms with Gasteiger partial charge in [0.15, 0.2) is 11.5 Å². The minimum Gasteiger partial charge on any atom is -0.490 e. The van der Waals surface area contributed by atoms with Crippen LogP contribution in [0.15, 0.2) is 71.8 Å². The molecule has 0 spiro atoms. The lowest BCUT2D eigenvalue weighted by molar-refractivity contribution is 0.266. The second-order valence-corrected chi connectivity index (χ2v) is 6.27. The minimum absolute atomic E-state index is 0.00851. The van der Waals surface area contributed by atoms with E-state index >= 15 is 0 Å². The Balaban J connectivity index is 1.71. The lowest BCUT2D eigenvalue weighted by Gasteiger charge is -2.13. The van der Waals surface area contributed by atoms with Gasteiger partial charge in [0.25, 0.3) is 0 Å². The van der Waals surface area contributed by atoms with Crippen LogP contribution >= 0.6 is 11.6 Å². The van der Waals surface area contributed by atoms with Crippen LogP contribution in [0.25, 0.3) is 0 Å². The zero-order chi connectivity index (χ0) is 19.8. The minimum atomic E-state index is -0.402. The van der Waals surface area contributed by atoms with Crippen molar-refractivity contribution in [2.24, 2.45) is 5.10 Å². The van der Waals surface area contributed by atoms with E-state index in [0.29, 0.717) is 28.7 Å². The van der Waals surface area contributed by atoms with Crippen molar-refractivity contribution < 1.29 is 13.9 Å². The third-order valence-electron chi connectivity index (χ3n) is 3.88. The molecule has 0 aliphatic heterocycles. The summed E-state index contributed by atoms with van der Waals surface area (Å²) in [6.45, 7) is 2.36. The van der Waals surface area contributed by atoms with Gasteiger partial charge in [-0.15, -0.1) is 0 Å². The largest absolute Gasteiger partial charge is 0.490 e. The van der Waals surface area contributed by atoms with Gasteiger partial charge < -0.3 is 9.47 Å². The van der Waals surface area contributed by atoms with Crippen LogP contribution in [-0.4, -0.2) is 12.8 Å². The first kappa shape index (κ1) is 19.7. The van der Waals surface area contributed by atoms with E-state index in [-0.39, 0.29) is 6.61 Å². The molecular formula is C22H20ClFN2O2. The molecule has 1 N–H and O–H groups in total. The van der Waals surface area contributed by atoms with Gasteiger partial charge in [-0.2, -0.15) is 5.10 Å². The van der Waals surface area contributed by atoms with Gasteiger partial charge in [-0.05, 0) is 55.0 Å². The van der Waals surface area contributed by atoms with Gasteiger partial charge >= 0.3 is 0 Å². The number of hydrogen-bond acceptors (Lipinski definition) is 4. The molecule has 144 valence electrons. The van der Waals surface area contributed by atoms with E-state index in [0.717, 1.165) is 11.3 Å². The quantitative estimate of drug-likeness (QED) is 0.379. The number of hydrogen-bond donors (Lipinski definition) is 1. The predicted molar refractivity (Wildman–Crippen MR) is 111 cm³/mol. The van der Waals surface area contributed by atoms with Crippen molar-refractivity contribution in [3.63, 3.8) is 0 Å². The van der Waals surface area contributed by atoms with Gasteiger partial charge in [0, 0.05) is 5.56 Å². The third kappa shape index (κ3) is 5.24. The van der Waals surface area contributed by atoms with Gasteiger partial charge in [0.2, 0.25) is 0 Å². The van der Waals surface area contributed by atoms with Crippen molar-refractivity contribution in [3.8, 4) is 11.5 Å². The lowest BCUT2D eigenvalue weighted by atomic mass is 10.2. The average Bonchev–Trinajstić information content (AvgIpc) is 2.70. The standard InChI is InChI=1S/C22H20ClFN2O2/c1-2-27-22-13-16(14-25-26-17-7-4-3-5-8-17)11-12-21(22)28-15-18-19(23)9-6-10-20(18)24/h3-14,26H,2,15H2,1H3. The molecule has 0 unspecified atom stereocenters. The first-order valence-electron chi connectivity index (χ1n) is 8.84. The highest BCUT2D eigenvalue weighted by molar-refractivity contribution is 6.31. The molecule has 4 nitrogen and oxygen atoms in total. The Labute approximate surface area is 168 Å². The number of halogens is 2. The van der Waals surface area contributed by atoms with Crippen molar-refractivity contribution in [2.75, 3.05) is 12.0 Å². The van der Waals surface area contributed by atoms with Crippen LogP contribution < -0.4 is 14.9 Å². The Morgan fingerprint density at radius 2 is 1.82 bits per heavy atom. The van der Waals surface area contributed by atoms with Gasteiger partial charge in [-0.25, -0.2) is 4.39 Å². The summed E-state index contributed by atoms with van der Waals surface area (Å²) in [6, 6.07) is 19.6. The highest BCUT2D eigenvalue weighted by Gasteiger charge is 2.11. The number of benzene rings is 3. The van der Waals surface area contributed by atoms with Crippen molar-refractivity contribution in [2.45, 2.75) is 13.5 Å². The van der Waals surface area contributed by atoms with Gasteiger partial charge in [0.05, 0.1) is 23.5 Å². The molecule has 0 aromatic heterocycles. The number of nitrogens with one attached hydrogen (secondary N) is 1. The SMILES string of the molecule is CCOc1cc(C=NNc2ccccc2)ccc1OCc1c(F)cccc1Cl. The van der Waals surface area contributed by atoms with Crippen molar-refractivity contribution in [1.29, 1.82) is 0 Å². The van der Waals surface area contributed by atoms with Crippen molar-refractivity contribution >= 4 is 23.5 Å². The van der Waals surface area contributed by atoms with Crippen LogP contribution in [0.1, 0.15) is 18.1 Å². The Morgan fingerprint density at radius 3 is 2.57 bits per heavy atom. The summed E-state index contributed by atoms with van der Waals surface area (Å²) in [6.07, 6.45) is 1.69. The van der Waals surface area contributed by atoms with Crippen molar-refractivity contribution in [1.82, 2.24) is 0 Å². The first-order chi connectivity index (χ1) is 13.7. The Morgan fingerprint density at radius 1 is 1.00 bits per heavy atom. The summed E-state index contributed by atoms with van der Waals surface area (Å²) < 4.78 is 25.3. The van der Waals surface area contributed by atoms with E-state index in [9.17, 15) is 4.39 Å². The number of nitrogens with zero attached hydrogens (tertiary/aromatic N) is 1. The Hall–Kier alpha value is -3.05. The van der Waals surface area contributed by atoms with Crippen LogP contribution in [-0.2, 0) is 6.61 Å². The molecule has 3 aromatic carbocycles. The molecule has 0 radical (unpaired) electrons. The van der Waals surface area contributed by atoms with Crippen LogP contribution in [0, 0.1) is 5.82 Å². The average molecular weight is 399 g/mol. The summed E-state index contributed by atoms with van der Waals surface area (Å²) in [4.78, 5) is 0. The van der Waals surface area contributed by atoms with Gasteiger partial charge in [0.1, 0.15) is 12.4 Å². The molecule has 0 heterocycles. The molecule has 28 heavy (non-hydrogen) atoms. The molecule has 6 heteroatoms. The highest BCUT2D eigenvalue weighted by atomic mass is 35.5.